The number of hydrogen-bond donors (Lipinski definition) is 1. The standard InChI is InChI=1S/C16H29N3O2.ClH/c1-3-12(2)15(20)18-8-4-6-13(10-18)16(21)19-9-5-7-14(17)11-19;/h12-14H,3-11,17H2,1-2H3;1H. The van der Waals surface area contributed by atoms with E-state index in [1.807, 2.05) is 23.6 Å². The summed E-state index contributed by atoms with van der Waals surface area (Å²) in [6.45, 7) is 6.89. The monoisotopic (exact) mass is 331 g/mol. The van der Waals surface area contributed by atoms with Gasteiger partial charge in [-0.2, -0.15) is 0 Å². The van der Waals surface area contributed by atoms with E-state index >= 15 is 0 Å². The maximum absolute atomic E-state index is 12.6. The number of likely N-dealkylation sites (tertiary alicyclic amines) is 2. The van der Waals surface area contributed by atoms with Gasteiger partial charge < -0.3 is 15.5 Å². The summed E-state index contributed by atoms with van der Waals surface area (Å²) in [7, 11) is 0. The molecule has 2 N–H and O–H groups in total. The molecule has 2 fully saturated rings. The number of nitrogens with two attached hydrogens (primary N) is 1. The molecule has 0 bridgehead atoms. The molecular formula is C16H30ClN3O2. The summed E-state index contributed by atoms with van der Waals surface area (Å²) < 4.78 is 0. The van der Waals surface area contributed by atoms with Crippen molar-refractivity contribution in [2.45, 2.75) is 52.0 Å². The minimum Gasteiger partial charge on any atom is -0.342 e. The fourth-order valence-corrected chi connectivity index (χ4v) is 3.33. The second-order valence-electron chi connectivity index (χ2n) is 6.62. The molecule has 2 aliphatic rings. The molecule has 22 heavy (non-hydrogen) atoms. The second kappa shape index (κ2) is 8.73. The van der Waals surface area contributed by atoms with E-state index in [9.17, 15) is 9.59 Å². The van der Waals surface area contributed by atoms with Gasteiger partial charge in [-0.15, -0.1) is 12.4 Å². The Kier molecular flexibility index (Phi) is 7.63. The largest absolute Gasteiger partial charge is 0.342 e. The van der Waals surface area contributed by atoms with Crippen LogP contribution in [0.4, 0.5) is 0 Å². The van der Waals surface area contributed by atoms with Gasteiger partial charge in [0.1, 0.15) is 0 Å². The lowest BCUT2D eigenvalue weighted by atomic mass is 9.94. The van der Waals surface area contributed by atoms with Crippen molar-refractivity contribution in [3.63, 3.8) is 0 Å². The molecule has 0 aromatic carbocycles. The summed E-state index contributed by atoms with van der Waals surface area (Å²) in [5.74, 6) is 0.427. The predicted octanol–water partition coefficient (Wildman–Crippen LogP) is 1.64. The normalized spacial score (nSPS) is 27.0. The van der Waals surface area contributed by atoms with E-state index in [4.69, 9.17) is 5.73 Å². The third-order valence-corrected chi connectivity index (χ3v) is 4.89. The summed E-state index contributed by atoms with van der Waals surface area (Å²) in [5, 5.41) is 0. The van der Waals surface area contributed by atoms with E-state index in [0.717, 1.165) is 45.2 Å². The van der Waals surface area contributed by atoms with Crippen LogP contribution in [0, 0.1) is 11.8 Å². The molecule has 128 valence electrons. The number of amides is 2. The predicted molar refractivity (Wildman–Crippen MR) is 89.8 cm³/mol. The molecule has 2 aliphatic heterocycles. The summed E-state index contributed by atoms with van der Waals surface area (Å²) in [4.78, 5) is 28.8. The SMILES string of the molecule is CCC(C)C(=O)N1CCCC(C(=O)N2CCCC(N)C2)C1.Cl. The van der Waals surface area contributed by atoms with E-state index < -0.39 is 0 Å². The molecule has 0 aliphatic carbocycles. The van der Waals surface area contributed by atoms with Crippen LogP contribution in [-0.2, 0) is 9.59 Å². The first-order valence-electron chi connectivity index (χ1n) is 8.36. The number of nitrogens with zero attached hydrogens (tertiary/aromatic N) is 2. The van der Waals surface area contributed by atoms with Crippen LogP contribution in [0.3, 0.4) is 0 Å². The van der Waals surface area contributed by atoms with Crippen LogP contribution in [0.15, 0.2) is 0 Å². The molecule has 3 unspecified atom stereocenters. The Hall–Kier alpha value is -0.810. The van der Waals surface area contributed by atoms with Crippen molar-refractivity contribution in [3.8, 4) is 0 Å². The Labute approximate surface area is 140 Å². The highest BCUT2D eigenvalue weighted by atomic mass is 35.5. The van der Waals surface area contributed by atoms with Gasteiger partial charge in [0.05, 0.1) is 5.92 Å². The van der Waals surface area contributed by atoms with Crippen LogP contribution in [-0.4, -0.2) is 53.8 Å². The molecule has 0 radical (unpaired) electrons. The Bertz CT molecular complexity index is 392. The third kappa shape index (κ3) is 4.59. The molecule has 2 saturated heterocycles. The summed E-state index contributed by atoms with van der Waals surface area (Å²) >= 11 is 0. The van der Waals surface area contributed by atoms with Gasteiger partial charge in [-0.25, -0.2) is 0 Å². The van der Waals surface area contributed by atoms with Gasteiger partial charge in [-0.05, 0) is 32.1 Å². The van der Waals surface area contributed by atoms with Crippen LogP contribution < -0.4 is 5.73 Å². The maximum atomic E-state index is 12.6. The van der Waals surface area contributed by atoms with Crippen LogP contribution in [0.1, 0.15) is 46.0 Å². The van der Waals surface area contributed by atoms with E-state index in [1.165, 1.54) is 0 Å². The number of carbonyl (C=O) groups excluding carboxylic acids is 2. The highest BCUT2D eigenvalue weighted by molar-refractivity contribution is 5.85. The highest BCUT2D eigenvalue weighted by Gasteiger charge is 2.33. The van der Waals surface area contributed by atoms with Crippen molar-refractivity contribution in [2.75, 3.05) is 26.2 Å². The van der Waals surface area contributed by atoms with Gasteiger partial charge in [0.2, 0.25) is 11.8 Å². The number of rotatable bonds is 3. The van der Waals surface area contributed by atoms with Crippen LogP contribution in [0.2, 0.25) is 0 Å². The number of piperidine rings is 2. The molecule has 0 aromatic heterocycles. The first-order chi connectivity index (χ1) is 10.0. The zero-order valence-electron chi connectivity index (χ0n) is 13.8. The second-order valence-corrected chi connectivity index (χ2v) is 6.62. The van der Waals surface area contributed by atoms with E-state index in [2.05, 4.69) is 0 Å². The lowest BCUT2D eigenvalue weighted by molar-refractivity contribution is -0.143. The maximum Gasteiger partial charge on any atom is 0.227 e. The third-order valence-electron chi connectivity index (χ3n) is 4.89. The Morgan fingerprint density at radius 3 is 2.41 bits per heavy atom. The molecule has 5 nitrogen and oxygen atoms in total. The van der Waals surface area contributed by atoms with Crippen LogP contribution >= 0.6 is 12.4 Å². The van der Waals surface area contributed by atoms with Crippen LogP contribution in [0.5, 0.6) is 0 Å². The molecular weight excluding hydrogens is 302 g/mol. The molecule has 0 saturated carbocycles. The quantitative estimate of drug-likeness (QED) is 0.855. The summed E-state index contributed by atoms with van der Waals surface area (Å²) in [5.41, 5.74) is 5.97. The summed E-state index contributed by atoms with van der Waals surface area (Å²) in [6, 6.07) is 0.115. The molecule has 6 heteroatoms. The average Bonchev–Trinajstić information content (AvgIpc) is 2.52. The first kappa shape index (κ1) is 19.2. The first-order valence-corrected chi connectivity index (χ1v) is 8.36. The van der Waals surface area contributed by atoms with E-state index in [-0.39, 0.29) is 42.1 Å². The van der Waals surface area contributed by atoms with Crippen molar-refractivity contribution in [1.29, 1.82) is 0 Å². The van der Waals surface area contributed by atoms with Crippen molar-refractivity contribution in [2.24, 2.45) is 17.6 Å². The van der Waals surface area contributed by atoms with Gasteiger partial charge in [0.25, 0.3) is 0 Å². The molecule has 2 rings (SSSR count). The fraction of sp³-hybridized carbons (Fsp3) is 0.875. The van der Waals surface area contributed by atoms with Crippen LogP contribution in [0.25, 0.3) is 0 Å². The average molecular weight is 332 g/mol. The van der Waals surface area contributed by atoms with Crippen molar-refractivity contribution < 1.29 is 9.59 Å². The number of hydrogen-bond acceptors (Lipinski definition) is 3. The van der Waals surface area contributed by atoms with Gasteiger partial charge in [0, 0.05) is 38.1 Å². The number of carbonyl (C=O) groups is 2. The zero-order chi connectivity index (χ0) is 15.4. The fourth-order valence-electron chi connectivity index (χ4n) is 3.33. The Morgan fingerprint density at radius 2 is 1.77 bits per heavy atom. The van der Waals surface area contributed by atoms with Crippen molar-refractivity contribution in [3.05, 3.63) is 0 Å². The van der Waals surface area contributed by atoms with Gasteiger partial charge in [0.15, 0.2) is 0 Å². The molecule has 3 atom stereocenters. The van der Waals surface area contributed by atoms with Crippen molar-refractivity contribution in [1.82, 2.24) is 9.80 Å². The molecule has 0 spiro atoms. The zero-order valence-corrected chi connectivity index (χ0v) is 14.6. The van der Waals surface area contributed by atoms with E-state index in [0.29, 0.717) is 13.1 Å². The lowest BCUT2D eigenvalue weighted by Crippen LogP contribution is -2.52. The smallest absolute Gasteiger partial charge is 0.227 e. The minimum absolute atomic E-state index is 0. The summed E-state index contributed by atoms with van der Waals surface area (Å²) in [6.07, 6.45) is 4.68. The molecule has 0 aromatic rings. The Morgan fingerprint density at radius 1 is 1.14 bits per heavy atom. The Balaban J connectivity index is 0.00000242. The molecule has 2 amide bonds. The molecule has 2 heterocycles. The van der Waals surface area contributed by atoms with Gasteiger partial charge >= 0.3 is 0 Å². The highest BCUT2D eigenvalue weighted by Crippen LogP contribution is 2.22. The minimum atomic E-state index is -0.0305. The van der Waals surface area contributed by atoms with E-state index in [1.54, 1.807) is 0 Å². The number of halogens is 1. The lowest BCUT2D eigenvalue weighted by Gasteiger charge is -2.38. The van der Waals surface area contributed by atoms with Crippen molar-refractivity contribution >= 4 is 24.2 Å². The van der Waals surface area contributed by atoms with Gasteiger partial charge in [-0.1, -0.05) is 13.8 Å². The topological polar surface area (TPSA) is 66.6 Å². The van der Waals surface area contributed by atoms with Gasteiger partial charge in [-0.3, -0.25) is 9.59 Å².